The van der Waals surface area contributed by atoms with Crippen molar-refractivity contribution in [3.8, 4) is 0 Å². The smallest absolute Gasteiger partial charge is 0.822 e. The fourth-order valence-corrected chi connectivity index (χ4v) is 1.10. The van der Waals surface area contributed by atoms with Gasteiger partial charge < -0.3 is 52.3 Å². The van der Waals surface area contributed by atoms with Gasteiger partial charge in [0.1, 0.15) is 0 Å². The average Bonchev–Trinajstić information content (AvgIpc) is 1.42. The Bertz CT molecular complexity index is 267. The molecule has 88 valence electrons. The van der Waals surface area contributed by atoms with Gasteiger partial charge in [0, 0.05) is 0 Å². The standard InChI is InChI=1S/4Ca.H4O7P2.H3O4P/c;;;;1-8(2,3)7-9(4,5)6;1-5(2,3)4/h;;;;(H2,1,2,3)(H2,4,5,6);(H3,1,2,3,4)/q4*+2;;/p-7. The summed E-state index contributed by atoms with van der Waals surface area (Å²) in [4.78, 5) is 62.9. The molecule has 0 aromatic rings. The van der Waals surface area contributed by atoms with Crippen molar-refractivity contribution in [2.45, 2.75) is 0 Å². The molecule has 0 bridgehead atoms. The molecule has 0 atom stereocenters. The number of rotatable bonds is 2. The van der Waals surface area contributed by atoms with Crippen molar-refractivity contribution in [3.05, 3.63) is 0 Å². The van der Waals surface area contributed by atoms with E-state index in [9.17, 15) is 28.7 Å². The van der Waals surface area contributed by atoms with Gasteiger partial charge in [-0.15, -0.1) is 0 Å². The van der Waals surface area contributed by atoms with Crippen LogP contribution in [0.1, 0.15) is 0 Å². The van der Waals surface area contributed by atoms with E-state index in [1.807, 2.05) is 0 Å². The summed E-state index contributed by atoms with van der Waals surface area (Å²) in [6, 6.07) is 0. The first-order valence-corrected chi connectivity index (χ1v) is 6.57. The van der Waals surface area contributed by atoms with E-state index in [-0.39, 0.29) is 151 Å². The summed E-state index contributed by atoms with van der Waals surface area (Å²) < 4.78 is 29.7. The van der Waals surface area contributed by atoms with Gasteiger partial charge in [-0.1, -0.05) is 0 Å². The van der Waals surface area contributed by atoms with Crippen molar-refractivity contribution >= 4 is 174 Å². The predicted octanol–water partition coefficient (Wildman–Crippen LogP) is -7.69. The molecule has 0 N–H and O–H groups in total. The van der Waals surface area contributed by atoms with Gasteiger partial charge in [-0.3, -0.25) is 0 Å². The fraction of sp³-hybridized carbons (Fsp3) is 0. The van der Waals surface area contributed by atoms with Gasteiger partial charge in [0.2, 0.25) is 0 Å². The number of phosphoric acid groups is 3. The second kappa shape index (κ2) is 17.2. The van der Waals surface area contributed by atoms with Crippen LogP contribution in [0.2, 0.25) is 0 Å². The van der Waals surface area contributed by atoms with E-state index in [1.54, 1.807) is 0 Å². The maximum absolute atomic E-state index is 9.32. The molecule has 0 aliphatic rings. The van der Waals surface area contributed by atoms with Crippen molar-refractivity contribution in [3.63, 3.8) is 0 Å². The van der Waals surface area contributed by atoms with Crippen LogP contribution in [0.15, 0.2) is 0 Å². The van der Waals surface area contributed by atoms with E-state index in [0.29, 0.717) is 0 Å². The molecule has 0 saturated heterocycles. The summed E-state index contributed by atoms with van der Waals surface area (Å²) in [6.07, 6.45) is 0. The Labute approximate surface area is 221 Å². The molecule has 0 aliphatic carbocycles. The minimum atomic E-state index is -5.68. The van der Waals surface area contributed by atoms with Crippen LogP contribution in [0.5, 0.6) is 0 Å². The summed E-state index contributed by atoms with van der Waals surface area (Å²) in [5, 5.41) is 0. The molecular formula is Ca4O11P3+. The normalized spacial score (nSPS) is 10.2. The zero-order valence-corrected chi connectivity index (χ0v) is 20.2. The van der Waals surface area contributed by atoms with Crippen LogP contribution in [-0.4, -0.2) is 151 Å². The molecule has 0 fully saturated rings. The number of hydrogen-bond acceptors (Lipinski definition) is 11. The molecule has 0 aromatic carbocycles. The Kier molecular flexibility index (Phi) is 37.1. The second-order valence-electron chi connectivity index (χ2n) is 1.42. The van der Waals surface area contributed by atoms with Gasteiger partial charge in [-0.2, -0.15) is 7.82 Å². The van der Waals surface area contributed by atoms with Gasteiger partial charge in [-0.05, 0) is 0 Å². The summed E-state index contributed by atoms with van der Waals surface area (Å²) in [5.41, 5.74) is 0. The van der Waals surface area contributed by atoms with Crippen molar-refractivity contribution in [2.24, 2.45) is 0 Å². The molecule has 11 nitrogen and oxygen atoms in total. The van der Waals surface area contributed by atoms with Gasteiger partial charge in [0.15, 0.2) is 0 Å². The average molecular weight is 429 g/mol. The minimum absolute atomic E-state index is 0. The molecule has 18 heavy (non-hydrogen) atoms. The van der Waals surface area contributed by atoms with Crippen LogP contribution in [0.3, 0.4) is 0 Å². The van der Waals surface area contributed by atoms with E-state index in [1.165, 1.54) is 0 Å². The fourth-order valence-electron chi connectivity index (χ4n) is 0.122. The molecule has 0 spiro atoms. The zero-order chi connectivity index (χ0) is 12.2. The third-order valence-electron chi connectivity index (χ3n) is 0.200. The van der Waals surface area contributed by atoms with E-state index in [0.717, 1.165) is 0 Å². The topological polar surface area (TPSA) is 222 Å². The van der Waals surface area contributed by atoms with E-state index in [2.05, 4.69) is 4.31 Å². The maximum Gasteiger partial charge on any atom is 2.00 e. The minimum Gasteiger partial charge on any atom is -0.822 e. The Morgan fingerprint density at radius 2 is 0.667 bits per heavy atom. The largest absolute Gasteiger partial charge is 2.00 e. The molecule has 0 amide bonds. The maximum atomic E-state index is 9.32. The third kappa shape index (κ3) is 68.5. The van der Waals surface area contributed by atoms with Gasteiger partial charge in [-0.25, -0.2) is 0 Å². The Hall–Kier alpha value is 5.41. The molecule has 0 unspecified atom stereocenters. The monoisotopic (exact) mass is 429 g/mol. The van der Waals surface area contributed by atoms with Gasteiger partial charge >= 0.3 is 151 Å². The number of hydrogen-bond donors (Lipinski definition) is 0. The van der Waals surface area contributed by atoms with Crippen molar-refractivity contribution in [1.29, 1.82) is 0 Å². The van der Waals surface area contributed by atoms with Gasteiger partial charge in [0.25, 0.3) is 0 Å². The summed E-state index contributed by atoms with van der Waals surface area (Å²) >= 11 is 0. The van der Waals surface area contributed by atoms with Crippen LogP contribution in [-0.2, 0) is 18.0 Å². The summed E-state index contributed by atoms with van der Waals surface area (Å²) in [6.45, 7) is 0. The van der Waals surface area contributed by atoms with E-state index < -0.39 is 23.5 Å². The van der Waals surface area contributed by atoms with Crippen LogP contribution < -0.4 is 34.3 Å². The van der Waals surface area contributed by atoms with Crippen molar-refractivity contribution in [2.75, 3.05) is 0 Å². The van der Waals surface area contributed by atoms with Crippen LogP contribution >= 0.6 is 23.5 Å². The molecule has 0 aromatic heterocycles. The van der Waals surface area contributed by atoms with Gasteiger partial charge in [0.05, 0.1) is 15.6 Å². The zero-order valence-electron chi connectivity index (χ0n) is 8.66. The Morgan fingerprint density at radius 3 is 0.667 bits per heavy atom. The predicted molar refractivity (Wildman–Crippen MR) is 46.9 cm³/mol. The SMILES string of the molecule is O=P([O-])([O-])OP(=O)([O-])[O-].O=P([O-])([O-])[O-].[Ca+2].[Ca+2].[Ca+2].[Ca+2]. The molecule has 0 rings (SSSR count). The first-order valence-electron chi connectivity index (χ1n) is 2.19. The third-order valence-corrected chi connectivity index (χ3v) is 1.80. The Morgan fingerprint density at radius 1 is 0.556 bits per heavy atom. The van der Waals surface area contributed by atoms with Crippen LogP contribution in [0, 0.1) is 0 Å². The molecule has 18 heteroatoms. The van der Waals surface area contributed by atoms with Crippen LogP contribution in [0.4, 0.5) is 0 Å². The molecule has 0 saturated carbocycles. The first kappa shape index (κ1) is 38.8. The van der Waals surface area contributed by atoms with E-state index in [4.69, 9.17) is 19.2 Å². The summed E-state index contributed by atoms with van der Waals surface area (Å²) in [7, 11) is -16.7. The molecule has 0 radical (unpaired) electrons. The molecular weight excluding hydrogens is 429 g/mol. The molecule has 0 aliphatic heterocycles. The van der Waals surface area contributed by atoms with Crippen LogP contribution in [0.25, 0.3) is 0 Å². The first-order chi connectivity index (χ1) is 5.71. The quantitative estimate of drug-likeness (QED) is 0.296. The van der Waals surface area contributed by atoms with Crippen molar-refractivity contribution < 1.29 is 52.3 Å². The second-order valence-corrected chi connectivity index (χ2v) is 4.76. The Balaban J connectivity index is -0.0000000359. The van der Waals surface area contributed by atoms with E-state index >= 15 is 0 Å². The molecule has 0 heterocycles. The van der Waals surface area contributed by atoms with Crippen molar-refractivity contribution in [1.82, 2.24) is 0 Å². The summed E-state index contributed by atoms with van der Waals surface area (Å²) in [5.74, 6) is 0.